The highest BCUT2D eigenvalue weighted by molar-refractivity contribution is 7.80. The summed E-state index contributed by atoms with van der Waals surface area (Å²) in [6.07, 6.45) is 0.503. The zero-order chi connectivity index (χ0) is 14.4. The molecule has 0 saturated carbocycles. The second-order valence-corrected chi connectivity index (χ2v) is 5.19. The highest BCUT2D eigenvalue weighted by atomic mass is 35.5. The molecule has 1 aromatic rings. The first-order valence-electron chi connectivity index (χ1n) is 5.81. The number of rotatable bonds is 6. The van der Waals surface area contributed by atoms with Crippen molar-refractivity contribution in [3.63, 3.8) is 0 Å². The summed E-state index contributed by atoms with van der Waals surface area (Å²) in [5.41, 5.74) is 6.42. The van der Waals surface area contributed by atoms with Crippen LogP contribution in [-0.4, -0.2) is 36.0 Å². The summed E-state index contributed by atoms with van der Waals surface area (Å²) in [7, 11) is 1.68. The maximum absolute atomic E-state index is 11.8. The molecule has 0 fully saturated rings. The third kappa shape index (κ3) is 5.44. The Kier molecular flexibility index (Phi) is 6.05. The van der Waals surface area contributed by atoms with Gasteiger partial charge in [0.25, 0.3) is 5.91 Å². The van der Waals surface area contributed by atoms with Gasteiger partial charge in [0.1, 0.15) is 5.75 Å². The quantitative estimate of drug-likeness (QED) is 0.818. The van der Waals surface area contributed by atoms with Crippen LogP contribution in [-0.2, 0) is 4.79 Å². The lowest BCUT2D eigenvalue weighted by Gasteiger charge is -2.17. The number of likely N-dealkylation sites (N-methyl/N-ethyl adjacent to an activating group) is 1. The first kappa shape index (κ1) is 15.7. The molecule has 0 aliphatic carbocycles. The monoisotopic (exact) mass is 300 g/mol. The van der Waals surface area contributed by atoms with Crippen molar-refractivity contribution >= 4 is 34.7 Å². The molecule has 0 aromatic heterocycles. The van der Waals surface area contributed by atoms with Gasteiger partial charge >= 0.3 is 0 Å². The van der Waals surface area contributed by atoms with Crippen molar-refractivity contribution in [2.75, 3.05) is 20.2 Å². The average Bonchev–Trinajstić information content (AvgIpc) is 2.34. The molecule has 104 valence electrons. The van der Waals surface area contributed by atoms with E-state index in [1.807, 2.05) is 13.0 Å². The van der Waals surface area contributed by atoms with Crippen molar-refractivity contribution < 1.29 is 9.53 Å². The molecule has 1 rings (SSSR count). The molecule has 0 aliphatic rings. The molecule has 19 heavy (non-hydrogen) atoms. The van der Waals surface area contributed by atoms with E-state index in [1.54, 1.807) is 19.2 Å². The summed E-state index contributed by atoms with van der Waals surface area (Å²) in [5.74, 6) is 0.358. The molecule has 0 saturated heterocycles. The van der Waals surface area contributed by atoms with Gasteiger partial charge in [0, 0.05) is 20.0 Å². The first-order chi connectivity index (χ1) is 8.90. The number of ether oxygens (including phenoxy) is 1. The van der Waals surface area contributed by atoms with Crippen molar-refractivity contribution in [2.45, 2.75) is 13.3 Å². The number of nitrogens with two attached hydrogens (primary N) is 1. The van der Waals surface area contributed by atoms with Gasteiger partial charge in [-0.1, -0.05) is 29.9 Å². The van der Waals surface area contributed by atoms with E-state index < -0.39 is 0 Å². The lowest BCUT2D eigenvalue weighted by Crippen LogP contribution is -2.33. The van der Waals surface area contributed by atoms with Gasteiger partial charge in [-0.25, -0.2) is 0 Å². The minimum absolute atomic E-state index is 0.0589. The molecule has 0 spiro atoms. The molecule has 0 atom stereocenters. The molecular formula is C13H17ClN2O2S. The highest BCUT2D eigenvalue weighted by Gasteiger charge is 2.11. The predicted molar refractivity (Wildman–Crippen MR) is 80.7 cm³/mol. The lowest BCUT2D eigenvalue weighted by molar-refractivity contribution is -0.131. The van der Waals surface area contributed by atoms with E-state index in [9.17, 15) is 4.79 Å². The van der Waals surface area contributed by atoms with Crippen LogP contribution in [0, 0.1) is 6.92 Å². The van der Waals surface area contributed by atoms with Crippen molar-refractivity contribution in [1.82, 2.24) is 4.90 Å². The number of nitrogens with zero attached hydrogens (tertiary/aromatic N) is 1. The third-order valence-corrected chi connectivity index (χ3v) is 3.06. The van der Waals surface area contributed by atoms with E-state index in [1.165, 1.54) is 4.90 Å². The van der Waals surface area contributed by atoms with Crippen LogP contribution in [0.4, 0.5) is 0 Å². The molecule has 0 unspecified atom stereocenters. The zero-order valence-corrected chi connectivity index (χ0v) is 12.6. The van der Waals surface area contributed by atoms with Crippen LogP contribution in [0.25, 0.3) is 0 Å². The van der Waals surface area contributed by atoms with E-state index in [-0.39, 0.29) is 12.5 Å². The van der Waals surface area contributed by atoms with Crippen molar-refractivity contribution in [3.8, 4) is 5.75 Å². The summed E-state index contributed by atoms with van der Waals surface area (Å²) < 4.78 is 5.39. The average molecular weight is 301 g/mol. The third-order valence-electron chi connectivity index (χ3n) is 2.56. The van der Waals surface area contributed by atoms with E-state index in [0.717, 1.165) is 5.56 Å². The van der Waals surface area contributed by atoms with Gasteiger partial charge in [-0.05, 0) is 24.6 Å². The standard InChI is InChI=1S/C13H17ClN2O2S/c1-9-3-4-11(10(14)7-9)18-8-13(17)16(2)6-5-12(15)19/h3-4,7H,5-6,8H2,1-2H3,(H2,15,19). The maximum atomic E-state index is 11.8. The minimum Gasteiger partial charge on any atom is -0.482 e. The van der Waals surface area contributed by atoms with Gasteiger partial charge in [0.05, 0.1) is 10.0 Å². The topological polar surface area (TPSA) is 55.6 Å². The fourth-order valence-corrected chi connectivity index (χ4v) is 1.76. The molecule has 2 N–H and O–H groups in total. The lowest BCUT2D eigenvalue weighted by atomic mass is 10.2. The number of hydrogen-bond acceptors (Lipinski definition) is 3. The molecule has 6 heteroatoms. The van der Waals surface area contributed by atoms with Crippen molar-refractivity contribution in [3.05, 3.63) is 28.8 Å². The van der Waals surface area contributed by atoms with Crippen LogP contribution >= 0.6 is 23.8 Å². The summed E-state index contributed by atoms with van der Waals surface area (Å²) >= 11 is 10.8. The van der Waals surface area contributed by atoms with Crippen LogP contribution in [0.2, 0.25) is 5.02 Å². The maximum Gasteiger partial charge on any atom is 0.260 e. The number of aryl methyl sites for hydroxylation is 1. The van der Waals surface area contributed by atoms with E-state index in [4.69, 9.17) is 34.3 Å². The Morgan fingerprint density at radius 2 is 2.21 bits per heavy atom. The van der Waals surface area contributed by atoms with Crippen LogP contribution in [0.3, 0.4) is 0 Å². The number of carbonyl (C=O) groups is 1. The molecule has 0 bridgehead atoms. The molecule has 0 radical (unpaired) electrons. The Hall–Kier alpha value is -1.33. The largest absolute Gasteiger partial charge is 0.482 e. The van der Waals surface area contributed by atoms with Gasteiger partial charge < -0.3 is 15.4 Å². The minimum atomic E-state index is -0.145. The molecule has 1 aromatic carbocycles. The second-order valence-electron chi connectivity index (χ2n) is 4.25. The summed E-state index contributed by atoms with van der Waals surface area (Å²) in [5, 5.41) is 0.499. The van der Waals surface area contributed by atoms with Gasteiger partial charge in [0.2, 0.25) is 0 Å². The Bertz CT molecular complexity index is 480. The number of benzene rings is 1. The van der Waals surface area contributed by atoms with Gasteiger partial charge in [-0.2, -0.15) is 0 Å². The summed E-state index contributed by atoms with van der Waals surface area (Å²) in [4.78, 5) is 13.7. The van der Waals surface area contributed by atoms with E-state index in [2.05, 4.69) is 0 Å². The fraction of sp³-hybridized carbons (Fsp3) is 0.385. The fourth-order valence-electron chi connectivity index (χ4n) is 1.38. The smallest absolute Gasteiger partial charge is 0.260 e. The summed E-state index contributed by atoms with van der Waals surface area (Å²) in [6, 6.07) is 5.42. The number of amides is 1. The molecule has 4 nitrogen and oxygen atoms in total. The second kappa shape index (κ2) is 7.31. The Morgan fingerprint density at radius 1 is 1.53 bits per heavy atom. The van der Waals surface area contributed by atoms with Gasteiger partial charge in [-0.3, -0.25) is 4.79 Å². The number of hydrogen-bond donors (Lipinski definition) is 1. The summed E-state index contributed by atoms with van der Waals surface area (Å²) in [6.45, 7) is 2.36. The number of carbonyl (C=O) groups excluding carboxylic acids is 1. The van der Waals surface area contributed by atoms with Crippen molar-refractivity contribution in [2.24, 2.45) is 5.73 Å². The Balaban J connectivity index is 2.47. The molecule has 1 amide bonds. The van der Waals surface area contributed by atoms with E-state index >= 15 is 0 Å². The van der Waals surface area contributed by atoms with Gasteiger partial charge in [-0.15, -0.1) is 0 Å². The molecule has 0 heterocycles. The van der Waals surface area contributed by atoms with Gasteiger partial charge in [0.15, 0.2) is 6.61 Å². The van der Waals surface area contributed by atoms with Crippen molar-refractivity contribution in [1.29, 1.82) is 0 Å². The van der Waals surface area contributed by atoms with Crippen LogP contribution in [0.5, 0.6) is 5.75 Å². The Morgan fingerprint density at radius 3 is 2.79 bits per heavy atom. The first-order valence-corrected chi connectivity index (χ1v) is 6.60. The molecule has 0 aliphatic heterocycles. The normalized spacial score (nSPS) is 10.1. The highest BCUT2D eigenvalue weighted by Crippen LogP contribution is 2.24. The predicted octanol–water partition coefficient (Wildman–Crippen LogP) is 2.16. The molecular weight excluding hydrogens is 284 g/mol. The van der Waals surface area contributed by atoms with Crippen LogP contribution in [0.1, 0.15) is 12.0 Å². The van der Waals surface area contributed by atoms with Crippen LogP contribution < -0.4 is 10.5 Å². The van der Waals surface area contributed by atoms with Crippen LogP contribution in [0.15, 0.2) is 18.2 Å². The zero-order valence-electron chi connectivity index (χ0n) is 11.0. The number of halogens is 1. The SMILES string of the molecule is Cc1ccc(OCC(=O)N(C)CCC(N)=S)c(Cl)c1. The Labute approximate surface area is 123 Å². The van der Waals surface area contributed by atoms with E-state index in [0.29, 0.717) is 28.7 Å². The number of thiocarbonyl (C=S) groups is 1.